The molecule has 2 N–H and O–H groups in total. The summed E-state index contributed by atoms with van der Waals surface area (Å²) < 4.78 is 18.2. The highest BCUT2D eigenvalue weighted by molar-refractivity contribution is 5.99. The van der Waals surface area contributed by atoms with Crippen LogP contribution in [0.1, 0.15) is 57.1 Å². The molecule has 2 fully saturated rings. The molecular weight excluding hydrogens is 578 g/mol. The second kappa shape index (κ2) is 14.7. The quantitative estimate of drug-likeness (QED) is 0.230. The van der Waals surface area contributed by atoms with E-state index in [1.165, 1.54) is 7.11 Å². The Morgan fingerprint density at radius 3 is 2.58 bits per heavy atom. The fourth-order valence-corrected chi connectivity index (χ4v) is 7.09. The molecule has 3 amide bonds. The third kappa shape index (κ3) is 6.57. The zero-order chi connectivity index (χ0) is 32.0. The molecule has 5 rings (SSSR count). The summed E-state index contributed by atoms with van der Waals surface area (Å²) >= 11 is 0. The Balaban J connectivity index is 1.57. The summed E-state index contributed by atoms with van der Waals surface area (Å²) in [6.45, 7) is 3.17. The minimum absolute atomic E-state index is 0.0316. The number of aliphatic hydroxyl groups is 1. The Hall–Kier alpha value is -3.54. The minimum atomic E-state index is -1.31. The van der Waals surface area contributed by atoms with Gasteiger partial charge in [0.25, 0.3) is 0 Å². The van der Waals surface area contributed by atoms with Gasteiger partial charge in [0.15, 0.2) is 0 Å². The van der Waals surface area contributed by atoms with E-state index in [1.54, 1.807) is 22.0 Å². The summed E-state index contributed by atoms with van der Waals surface area (Å²) in [6, 6.07) is 7.49. The topological polar surface area (TPSA) is 135 Å². The number of esters is 1. The van der Waals surface area contributed by atoms with E-state index in [0.717, 1.165) is 12.8 Å². The first kappa shape index (κ1) is 32.8. The number of ether oxygens (including phenoxy) is 3. The molecule has 7 atom stereocenters. The van der Waals surface area contributed by atoms with Crippen molar-refractivity contribution in [2.45, 2.75) is 75.3 Å². The summed E-state index contributed by atoms with van der Waals surface area (Å²) in [5.41, 5.74) is -0.643. The Morgan fingerprint density at radius 2 is 1.84 bits per heavy atom. The molecule has 45 heavy (non-hydrogen) atoms. The number of nitrogens with one attached hydrogen (secondary N) is 1. The lowest BCUT2D eigenvalue weighted by Crippen LogP contribution is -2.56. The molecule has 0 unspecified atom stereocenters. The lowest BCUT2D eigenvalue weighted by atomic mass is 9.74. The number of carbonyl (C=O) groups excluding carboxylic acids is 4. The van der Waals surface area contributed by atoms with Crippen LogP contribution in [0.2, 0.25) is 0 Å². The van der Waals surface area contributed by atoms with E-state index in [0.29, 0.717) is 37.9 Å². The fraction of sp³-hybridized carbons (Fsp3) is 0.588. The van der Waals surface area contributed by atoms with Crippen LogP contribution in [0.25, 0.3) is 0 Å². The van der Waals surface area contributed by atoms with Gasteiger partial charge in [-0.15, -0.1) is 0 Å². The first-order valence-corrected chi connectivity index (χ1v) is 16.1. The molecule has 1 spiro atoms. The molecule has 0 aromatic heterocycles. The fourth-order valence-electron chi connectivity index (χ4n) is 7.09. The van der Waals surface area contributed by atoms with Crippen LogP contribution in [-0.2, 0) is 33.4 Å². The highest BCUT2D eigenvalue weighted by Gasteiger charge is 2.73. The summed E-state index contributed by atoms with van der Waals surface area (Å²) in [6.07, 6.45) is 8.99. The van der Waals surface area contributed by atoms with Gasteiger partial charge in [0.05, 0.1) is 24.7 Å². The van der Waals surface area contributed by atoms with Crippen molar-refractivity contribution in [3.63, 3.8) is 0 Å². The van der Waals surface area contributed by atoms with Gasteiger partial charge in [-0.2, -0.15) is 0 Å². The van der Waals surface area contributed by atoms with Gasteiger partial charge >= 0.3 is 5.97 Å². The van der Waals surface area contributed by atoms with Crippen LogP contribution in [0.15, 0.2) is 54.6 Å². The van der Waals surface area contributed by atoms with Crippen molar-refractivity contribution < 1.29 is 38.5 Å². The number of rotatable bonds is 10. The van der Waals surface area contributed by atoms with E-state index in [4.69, 9.17) is 14.2 Å². The number of methoxy groups -OCH3 is 1. The maximum atomic E-state index is 14.4. The van der Waals surface area contributed by atoms with E-state index in [1.807, 2.05) is 49.4 Å². The number of aliphatic hydroxyl groups excluding tert-OH is 1. The molecular formula is C34H45N3O8. The van der Waals surface area contributed by atoms with Crippen LogP contribution in [0.5, 0.6) is 0 Å². The SMILES string of the molecule is CCCCN1C/C=C\CCC(=O)N[C@@H](COC)[C@H](c2ccccc2)OC(=O)[C@@H]2[C@H]3C(=O)N(CCCCO)[C@H](C1=O)[C@]31C=C[C@H]2O1. The normalized spacial score (nSPS) is 32.5. The predicted molar refractivity (Wildman–Crippen MR) is 164 cm³/mol. The van der Waals surface area contributed by atoms with Crippen LogP contribution >= 0.6 is 0 Å². The van der Waals surface area contributed by atoms with Gasteiger partial charge in [-0.3, -0.25) is 19.2 Å². The number of amides is 3. The number of allylic oxidation sites excluding steroid dienone is 1. The van der Waals surface area contributed by atoms with Crippen molar-refractivity contribution in [2.75, 3.05) is 40.0 Å². The number of benzene rings is 1. The van der Waals surface area contributed by atoms with Crippen molar-refractivity contribution in [3.05, 3.63) is 60.2 Å². The van der Waals surface area contributed by atoms with Gasteiger partial charge in [0, 0.05) is 39.8 Å². The Bertz CT molecular complexity index is 1290. The van der Waals surface area contributed by atoms with Gasteiger partial charge in [0.2, 0.25) is 17.7 Å². The molecule has 11 heteroatoms. The van der Waals surface area contributed by atoms with Gasteiger partial charge in [-0.25, -0.2) is 0 Å². The number of likely N-dealkylation sites (tertiary alicyclic amines) is 1. The standard InChI is InChI=1S/C34H45N3O8/c1-3-4-18-36-19-10-6-9-15-26(39)35-24(22-43-2)29(23-13-7-5-8-14-23)44-33(42)27-25-16-17-34(45-25)28(27)31(40)37(20-11-12-21-38)30(34)32(36)41/h5-8,10,13-14,16-17,24-25,27-30,38H,3-4,9,11-12,15,18-22H2,1-2H3,(H,35,39)/b10-6-/t24-,25+,27-,28-,29-,30+,34-/m0/s1. The number of carbonyl (C=O) groups is 4. The first-order chi connectivity index (χ1) is 21.9. The van der Waals surface area contributed by atoms with E-state index in [9.17, 15) is 24.3 Å². The Morgan fingerprint density at radius 1 is 1.04 bits per heavy atom. The second-order valence-corrected chi connectivity index (χ2v) is 12.2. The molecule has 0 aliphatic carbocycles. The molecule has 4 aliphatic heterocycles. The number of nitrogens with zero attached hydrogens (tertiary/aromatic N) is 2. The maximum absolute atomic E-state index is 14.4. The highest BCUT2D eigenvalue weighted by atomic mass is 16.6. The Labute approximate surface area is 264 Å². The van der Waals surface area contributed by atoms with Gasteiger partial charge in [-0.1, -0.05) is 68.0 Å². The van der Waals surface area contributed by atoms with Gasteiger partial charge < -0.3 is 34.4 Å². The molecule has 0 saturated carbocycles. The van der Waals surface area contributed by atoms with Crippen LogP contribution in [0, 0.1) is 11.8 Å². The number of hydrogen-bond acceptors (Lipinski definition) is 8. The lowest BCUT2D eigenvalue weighted by molar-refractivity contribution is -0.162. The van der Waals surface area contributed by atoms with Crippen molar-refractivity contribution in [2.24, 2.45) is 11.8 Å². The molecule has 244 valence electrons. The third-order valence-corrected chi connectivity index (χ3v) is 9.24. The van der Waals surface area contributed by atoms with Crippen molar-refractivity contribution in [1.29, 1.82) is 0 Å². The van der Waals surface area contributed by atoms with Crippen LogP contribution < -0.4 is 5.32 Å². The minimum Gasteiger partial charge on any atom is -0.455 e. The lowest BCUT2D eigenvalue weighted by Gasteiger charge is -2.36. The summed E-state index contributed by atoms with van der Waals surface area (Å²) in [5, 5.41) is 12.4. The molecule has 11 nitrogen and oxygen atoms in total. The largest absolute Gasteiger partial charge is 0.455 e. The first-order valence-electron chi connectivity index (χ1n) is 16.1. The summed E-state index contributed by atoms with van der Waals surface area (Å²) in [7, 11) is 1.52. The van der Waals surface area contributed by atoms with Crippen LogP contribution in [0.4, 0.5) is 0 Å². The van der Waals surface area contributed by atoms with Crippen LogP contribution in [-0.4, -0.2) is 102 Å². The maximum Gasteiger partial charge on any atom is 0.313 e. The van der Waals surface area contributed by atoms with E-state index in [2.05, 4.69) is 5.32 Å². The van der Waals surface area contributed by atoms with Crippen molar-refractivity contribution in [1.82, 2.24) is 15.1 Å². The zero-order valence-electron chi connectivity index (χ0n) is 26.1. The number of hydrogen-bond donors (Lipinski definition) is 2. The second-order valence-electron chi connectivity index (χ2n) is 12.2. The average molecular weight is 624 g/mol. The molecule has 5 bridgehead atoms. The summed E-state index contributed by atoms with van der Waals surface area (Å²) in [5.74, 6) is -3.35. The predicted octanol–water partition coefficient (Wildman–Crippen LogP) is 2.30. The number of cyclic esters (lactones) is 1. The van der Waals surface area contributed by atoms with Crippen molar-refractivity contribution >= 4 is 23.7 Å². The Kier molecular flexibility index (Phi) is 10.7. The summed E-state index contributed by atoms with van der Waals surface area (Å²) in [4.78, 5) is 59.3. The molecule has 2 saturated heterocycles. The molecule has 4 heterocycles. The van der Waals surface area contributed by atoms with E-state index < -0.39 is 47.7 Å². The molecule has 4 aliphatic rings. The molecule has 0 radical (unpaired) electrons. The van der Waals surface area contributed by atoms with Crippen molar-refractivity contribution in [3.8, 4) is 0 Å². The van der Waals surface area contributed by atoms with Crippen LogP contribution in [0.3, 0.4) is 0 Å². The zero-order valence-corrected chi connectivity index (χ0v) is 26.1. The van der Waals surface area contributed by atoms with E-state index in [-0.39, 0.29) is 43.9 Å². The monoisotopic (exact) mass is 623 g/mol. The molecule has 1 aromatic rings. The number of unbranched alkanes of at least 4 members (excludes halogenated alkanes) is 2. The smallest absolute Gasteiger partial charge is 0.313 e. The van der Waals surface area contributed by atoms with Gasteiger partial charge in [-0.05, 0) is 31.2 Å². The number of fused-ring (bicyclic) bond motifs is 2. The third-order valence-electron chi connectivity index (χ3n) is 9.24. The average Bonchev–Trinajstić information content (AvgIpc) is 3.68. The highest BCUT2D eigenvalue weighted by Crippen LogP contribution is 2.56. The van der Waals surface area contributed by atoms with Gasteiger partial charge in [0.1, 0.15) is 23.7 Å². The molecule has 1 aromatic carbocycles. The van der Waals surface area contributed by atoms with E-state index >= 15 is 0 Å².